The van der Waals surface area contributed by atoms with Crippen LogP contribution in [0.5, 0.6) is 0 Å². The number of halogens is 3. The van der Waals surface area contributed by atoms with Crippen LogP contribution >= 0.6 is 0 Å². The lowest BCUT2D eigenvalue weighted by molar-refractivity contribution is -0.173. The van der Waals surface area contributed by atoms with Crippen LogP contribution in [-0.2, 0) is 14.5 Å². The zero-order chi connectivity index (χ0) is 19.5. The van der Waals surface area contributed by atoms with E-state index in [2.05, 4.69) is 10.2 Å². The largest absolute Gasteiger partial charge is 0.480 e. The number of carboxylic acid groups (broad SMARTS) is 1. The van der Waals surface area contributed by atoms with Gasteiger partial charge in [0.25, 0.3) is 0 Å². The van der Waals surface area contributed by atoms with E-state index in [1.807, 2.05) is 0 Å². The SMILES string of the molecule is N=S(=O)(CCC(n1nc2ccccc2n1)C(F)(F)F)CC[C@H](N)C(=O)O. The van der Waals surface area contributed by atoms with E-state index in [0.29, 0.717) is 15.8 Å². The molecule has 2 unspecified atom stereocenters. The molecular weight excluding hydrogens is 375 g/mol. The fourth-order valence-electron chi connectivity index (χ4n) is 2.27. The number of carbonyl (C=O) groups is 1. The predicted octanol–water partition coefficient (Wildman–Crippen LogP) is 1.77. The molecule has 0 aliphatic heterocycles. The van der Waals surface area contributed by atoms with Gasteiger partial charge in [-0.25, -0.2) is 4.21 Å². The molecule has 0 saturated heterocycles. The van der Waals surface area contributed by atoms with Gasteiger partial charge in [0.2, 0.25) is 0 Å². The minimum Gasteiger partial charge on any atom is -0.480 e. The van der Waals surface area contributed by atoms with Crippen molar-refractivity contribution in [2.24, 2.45) is 5.73 Å². The molecule has 1 heterocycles. The molecular formula is C14H18F3N5O3S. The van der Waals surface area contributed by atoms with Crippen LogP contribution in [0.15, 0.2) is 24.3 Å². The standard InChI is InChI=1S/C14H18F3N5O3S/c15-14(16,17)12(22-20-10-3-1-2-4-11(10)21-22)6-8-26(19,25)7-5-9(18)13(23)24/h1-4,9,12,19H,5-8,18H2,(H,23,24)/t9-,12?,26?/m0/s1. The molecule has 1 aromatic heterocycles. The van der Waals surface area contributed by atoms with Crippen molar-refractivity contribution in [2.45, 2.75) is 31.1 Å². The third kappa shape index (κ3) is 5.14. The molecule has 3 atom stereocenters. The Hall–Kier alpha value is -2.21. The van der Waals surface area contributed by atoms with Crippen molar-refractivity contribution in [2.75, 3.05) is 11.5 Å². The molecule has 2 rings (SSSR count). The van der Waals surface area contributed by atoms with E-state index in [-0.39, 0.29) is 12.2 Å². The number of alkyl halides is 3. The number of nitrogens with one attached hydrogen (secondary N) is 1. The van der Waals surface area contributed by atoms with Crippen molar-refractivity contribution in [1.82, 2.24) is 15.0 Å². The van der Waals surface area contributed by atoms with Crippen molar-refractivity contribution >= 4 is 26.7 Å². The average Bonchev–Trinajstić information content (AvgIpc) is 2.94. The third-order valence-electron chi connectivity index (χ3n) is 3.76. The summed E-state index contributed by atoms with van der Waals surface area (Å²) in [6.45, 7) is 0. The van der Waals surface area contributed by atoms with Crippen LogP contribution in [0.1, 0.15) is 18.9 Å². The Morgan fingerprint density at radius 3 is 2.19 bits per heavy atom. The topological polar surface area (TPSA) is 135 Å². The molecule has 0 fully saturated rings. The van der Waals surface area contributed by atoms with Gasteiger partial charge in [-0.1, -0.05) is 12.1 Å². The van der Waals surface area contributed by atoms with Crippen LogP contribution in [0.3, 0.4) is 0 Å². The maximum atomic E-state index is 13.4. The Morgan fingerprint density at radius 1 is 1.23 bits per heavy atom. The molecule has 2 aromatic rings. The first kappa shape index (κ1) is 20.1. The minimum absolute atomic E-state index is 0.252. The van der Waals surface area contributed by atoms with Crippen LogP contribution in [0.2, 0.25) is 0 Å². The quantitative estimate of drug-likeness (QED) is 0.626. The first-order valence-electron chi connectivity index (χ1n) is 7.60. The van der Waals surface area contributed by atoms with Crippen molar-refractivity contribution in [3.05, 3.63) is 24.3 Å². The summed E-state index contributed by atoms with van der Waals surface area (Å²) >= 11 is 0. The van der Waals surface area contributed by atoms with E-state index in [1.54, 1.807) is 12.1 Å². The molecule has 144 valence electrons. The monoisotopic (exact) mass is 393 g/mol. The van der Waals surface area contributed by atoms with Crippen LogP contribution in [-0.4, -0.2) is 54.0 Å². The summed E-state index contributed by atoms with van der Waals surface area (Å²) in [6, 6.07) is 2.84. The highest BCUT2D eigenvalue weighted by atomic mass is 32.2. The summed E-state index contributed by atoms with van der Waals surface area (Å²) in [5.74, 6) is -2.28. The van der Waals surface area contributed by atoms with Crippen LogP contribution < -0.4 is 5.73 Å². The highest BCUT2D eigenvalue weighted by molar-refractivity contribution is 7.92. The average molecular weight is 393 g/mol. The summed E-state index contributed by atoms with van der Waals surface area (Å²) in [7, 11) is -3.42. The van der Waals surface area contributed by atoms with Gasteiger partial charge < -0.3 is 10.8 Å². The third-order valence-corrected chi connectivity index (χ3v) is 5.55. The predicted molar refractivity (Wildman–Crippen MR) is 88.1 cm³/mol. The minimum atomic E-state index is -4.69. The molecule has 0 bridgehead atoms. The molecule has 0 radical (unpaired) electrons. The summed E-state index contributed by atoms with van der Waals surface area (Å²) in [6.07, 6.45) is -5.60. The maximum Gasteiger partial charge on any atom is 0.412 e. The van der Waals surface area contributed by atoms with Gasteiger partial charge in [0.15, 0.2) is 6.04 Å². The Bertz CT molecular complexity index is 848. The van der Waals surface area contributed by atoms with Gasteiger partial charge in [-0.2, -0.15) is 28.2 Å². The molecule has 0 amide bonds. The number of aromatic nitrogens is 3. The second kappa shape index (κ2) is 7.58. The molecule has 4 N–H and O–H groups in total. The number of nitrogens with two attached hydrogens (primary N) is 1. The summed E-state index contributed by atoms with van der Waals surface area (Å²) < 4.78 is 60.0. The molecule has 0 aliphatic carbocycles. The number of carboxylic acids is 1. The molecule has 12 heteroatoms. The molecule has 8 nitrogen and oxygen atoms in total. The van der Waals surface area contributed by atoms with Gasteiger partial charge >= 0.3 is 12.1 Å². The summed E-state index contributed by atoms with van der Waals surface area (Å²) in [5.41, 5.74) is 5.86. The molecule has 26 heavy (non-hydrogen) atoms. The van der Waals surface area contributed by atoms with Gasteiger partial charge in [0.05, 0.1) is 0 Å². The van der Waals surface area contributed by atoms with Crippen LogP contribution in [0.4, 0.5) is 13.2 Å². The van der Waals surface area contributed by atoms with Crippen molar-refractivity contribution < 1.29 is 27.3 Å². The van der Waals surface area contributed by atoms with Crippen LogP contribution in [0.25, 0.3) is 11.0 Å². The zero-order valence-electron chi connectivity index (χ0n) is 13.5. The normalized spacial score (nSPS) is 16.9. The fourth-order valence-corrected chi connectivity index (χ4v) is 3.71. The number of hydrogen-bond acceptors (Lipinski definition) is 6. The fraction of sp³-hybridized carbons (Fsp3) is 0.500. The second-order valence-corrected chi connectivity index (χ2v) is 8.25. The van der Waals surface area contributed by atoms with E-state index in [4.69, 9.17) is 15.6 Å². The van der Waals surface area contributed by atoms with Gasteiger partial charge in [0, 0.05) is 21.2 Å². The van der Waals surface area contributed by atoms with E-state index in [1.165, 1.54) is 12.1 Å². The summed E-state index contributed by atoms with van der Waals surface area (Å²) in [5, 5.41) is 16.3. The molecule has 0 saturated carbocycles. The lowest BCUT2D eigenvalue weighted by Gasteiger charge is -2.20. The highest BCUT2D eigenvalue weighted by Crippen LogP contribution is 2.33. The first-order valence-corrected chi connectivity index (χ1v) is 9.50. The highest BCUT2D eigenvalue weighted by Gasteiger charge is 2.43. The van der Waals surface area contributed by atoms with Gasteiger partial charge in [-0.15, -0.1) is 0 Å². The number of fused-ring (bicyclic) bond motifs is 1. The Balaban J connectivity index is 2.12. The number of aliphatic carboxylic acids is 1. The Morgan fingerprint density at radius 2 is 1.73 bits per heavy atom. The number of hydrogen-bond donors (Lipinski definition) is 3. The van der Waals surface area contributed by atoms with Gasteiger partial charge in [-0.05, 0) is 25.0 Å². The van der Waals surface area contributed by atoms with Gasteiger partial charge in [0.1, 0.15) is 17.1 Å². The van der Waals surface area contributed by atoms with E-state index in [9.17, 15) is 22.2 Å². The van der Waals surface area contributed by atoms with Crippen molar-refractivity contribution in [3.63, 3.8) is 0 Å². The molecule has 0 aliphatic rings. The molecule has 1 aromatic carbocycles. The van der Waals surface area contributed by atoms with Crippen molar-refractivity contribution in [3.8, 4) is 0 Å². The van der Waals surface area contributed by atoms with Crippen LogP contribution in [0, 0.1) is 4.78 Å². The first-order chi connectivity index (χ1) is 12.0. The smallest absolute Gasteiger partial charge is 0.412 e. The summed E-state index contributed by atoms with van der Waals surface area (Å²) in [4.78, 5) is 11.2. The number of benzene rings is 1. The van der Waals surface area contributed by atoms with Crippen molar-refractivity contribution in [1.29, 1.82) is 4.78 Å². The molecule has 0 spiro atoms. The Kier molecular flexibility index (Phi) is 5.86. The number of rotatable bonds is 8. The lowest BCUT2D eigenvalue weighted by atomic mass is 10.2. The van der Waals surface area contributed by atoms with E-state index in [0.717, 1.165) is 0 Å². The lowest BCUT2D eigenvalue weighted by Crippen LogP contribution is -2.33. The zero-order valence-corrected chi connectivity index (χ0v) is 14.3. The number of nitrogens with zero attached hydrogens (tertiary/aromatic N) is 3. The van der Waals surface area contributed by atoms with E-state index >= 15 is 0 Å². The van der Waals surface area contributed by atoms with Gasteiger partial charge in [-0.3, -0.25) is 9.57 Å². The van der Waals surface area contributed by atoms with E-state index < -0.39 is 46.1 Å². The second-order valence-electron chi connectivity index (χ2n) is 5.81. The Labute approximate surface area is 147 Å². The maximum absolute atomic E-state index is 13.4.